The van der Waals surface area contributed by atoms with Gasteiger partial charge in [-0.25, -0.2) is 4.79 Å². The zero-order valence-corrected chi connectivity index (χ0v) is 19.1. The van der Waals surface area contributed by atoms with E-state index in [0.717, 1.165) is 26.2 Å². The van der Waals surface area contributed by atoms with E-state index in [1.54, 1.807) is 22.7 Å². The van der Waals surface area contributed by atoms with Crippen molar-refractivity contribution in [3.63, 3.8) is 0 Å². The Morgan fingerprint density at radius 1 is 0.821 bits per heavy atom. The molecule has 2 aromatic rings. The summed E-state index contributed by atoms with van der Waals surface area (Å²) in [6.45, 7) is 13.7. The maximum Gasteiger partial charge on any atom is 0.314 e. The number of carbonyl (C=O) groups excluding carboxylic acids is 1. The number of likely N-dealkylation sites (N-methyl/N-ethyl adjacent to an activating group) is 2. The number of hydrogen-bond donors (Lipinski definition) is 2. The summed E-state index contributed by atoms with van der Waals surface area (Å²) in [7, 11) is 0. The summed E-state index contributed by atoms with van der Waals surface area (Å²) in [5.74, 6) is 0. The minimum Gasteiger partial charge on any atom is -0.336 e. The van der Waals surface area contributed by atoms with E-state index in [-0.39, 0.29) is 18.1 Å². The van der Waals surface area contributed by atoms with E-state index in [2.05, 4.69) is 81.8 Å². The Hall–Kier alpha value is -1.41. The van der Waals surface area contributed by atoms with Crippen molar-refractivity contribution in [1.82, 2.24) is 20.4 Å². The molecule has 7 heteroatoms. The van der Waals surface area contributed by atoms with Crippen molar-refractivity contribution >= 4 is 28.7 Å². The van der Waals surface area contributed by atoms with Crippen molar-refractivity contribution in [2.45, 2.75) is 39.8 Å². The number of nitrogens with zero attached hydrogens (tertiary/aromatic N) is 2. The minimum atomic E-state index is -0.0974. The van der Waals surface area contributed by atoms with Gasteiger partial charge in [-0.15, -0.1) is 0 Å². The fourth-order valence-corrected chi connectivity index (χ4v) is 5.03. The van der Waals surface area contributed by atoms with Crippen molar-refractivity contribution in [1.29, 1.82) is 0 Å². The molecule has 0 aliphatic rings. The molecule has 156 valence electrons. The summed E-state index contributed by atoms with van der Waals surface area (Å²) in [5.41, 5.74) is 2.54. The van der Waals surface area contributed by atoms with E-state index < -0.39 is 0 Å². The van der Waals surface area contributed by atoms with Crippen molar-refractivity contribution in [2.24, 2.45) is 0 Å². The van der Waals surface area contributed by atoms with Gasteiger partial charge in [-0.3, -0.25) is 9.80 Å². The number of nitrogens with one attached hydrogen (secondary N) is 2. The second-order valence-electron chi connectivity index (χ2n) is 6.68. The summed E-state index contributed by atoms with van der Waals surface area (Å²) in [6.07, 6.45) is 0. The van der Waals surface area contributed by atoms with Gasteiger partial charge in [0.1, 0.15) is 0 Å². The number of urea groups is 1. The Labute approximate surface area is 177 Å². The molecule has 28 heavy (non-hydrogen) atoms. The Balaban J connectivity index is 1.94. The SMILES string of the molecule is CCN(CC)[C@@H](CNC(=O)NC[C@@H](c1ccsc1)N(CC)CC)c1ccsc1. The first-order valence-corrected chi connectivity index (χ1v) is 12.1. The van der Waals surface area contributed by atoms with Crippen LogP contribution in [-0.2, 0) is 0 Å². The highest BCUT2D eigenvalue weighted by atomic mass is 32.1. The molecule has 2 aromatic heterocycles. The first-order valence-electron chi connectivity index (χ1n) is 10.2. The number of amides is 2. The average Bonchev–Trinajstić information content (AvgIpc) is 3.42. The molecule has 0 fully saturated rings. The van der Waals surface area contributed by atoms with E-state index in [0.29, 0.717) is 13.1 Å². The molecule has 0 spiro atoms. The van der Waals surface area contributed by atoms with E-state index in [9.17, 15) is 4.79 Å². The molecule has 0 aliphatic carbocycles. The molecule has 0 saturated carbocycles. The molecule has 2 amide bonds. The third-order valence-electron chi connectivity index (χ3n) is 5.27. The summed E-state index contributed by atoms with van der Waals surface area (Å²) in [5, 5.41) is 14.7. The molecular weight excluding hydrogens is 388 g/mol. The maximum atomic E-state index is 12.5. The van der Waals surface area contributed by atoms with Gasteiger partial charge < -0.3 is 10.6 Å². The molecule has 5 nitrogen and oxygen atoms in total. The molecule has 0 radical (unpaired) electrons. The van der Waals surface area contributed by atoms with Gasteiger partial charge >= 0.3 is 6.03 Å². The average molecular weight is 423 g/mol. The lowest BCUT2D eigenvalue weighted by molar-refractivity contribution is 0.196. The molecular formula is C21H34N4OS2. The Kier molecular flexibility index (Phi) is 9.98. The lowest BCUT2D eigenvalue weighted by Crippen LogP contribution is -2.45. The number of rotatable bonds is 12. The van der Waals surface area contributed by atoms with Gasteiger partial charge in [0.2, 0.25) is 0 Å². The third-order valence-corrected chi connectivity index (χ3v) is 6.68. The highest BCUT2D eigenvalue weighted by Gasteiger charge is 2.21. The second kappa shape index (κ2) is 12.2. The number of thiophene rings is 2. The molecule has 0 aromatic carbocycles. The Bertz CT molecular complexity index is 596. The molecule has 2 rings (SSSR count). The highest BCUT2D eigenvalue weighted by Crippen LogP contribution is 2.23. The largest absolute Gasteiger partial charge is 0.336 e. The van der Waals surface area contributed by atoms with Gasteiger partial charge in [0.05, 0.1) is 12.1 Å². The molecule has 2 heterocycles. The van der Waals surface area contributed by atoms with Gasteiger partial charge in [-0.2, -0.15) is 22.7 Å². The van der Waals surface area contributed by atoms with E-state index >= 15 is 0 Å². The molecule has 2 N–H and O–H groups in total. The topological polar surface area (TPSA) is 47.6 Å². The second-order valence-corrected chi connectivity index (χ2v) is 8.24. The lowest BCUT2D eigenvalue weighted by atomic mass is 10.1. The smallest absolute Gasteiger partial charge is 0.314 e. The van der Waals surface area contributed by atoms with E-state index in [4.69, 9.17) is 0 Å². The molecule has 2 atom stereocenters. The van der Waals surface area contributed by atoms with Crippen LogP contribution in [-0.4, -0.2) is 55.1 Å². The van der Waals surface area contributed by atoms with Crippen molar-refractivity contribution in [2.75, 3.05) is 39.3 Å². The van der Waals surface area contributed by atoms with Crippen LogP contribution in [0.5, 0.6) is 0 Å². The van der Waals surface area contributed by atoms with Crippen LogP contribution in [0.3, 0.4) is 0 Å². The summed E-state index contributed by atoms with van der Waals surface area (Å²) in [4.78, 5) is 17.3. The fraction of sp³-hybridized carbons (Fsp3) is 0.571. The molecule has 0 saturated heterocycles. The van der Waals surface area contributed by atoms with Crippen LogP contribution in [0.25, 0.3) is 0 Å². The fourth-order valence-electron chi connectivity index (χ4n) is 3.61. The predicted octanol–water partition coefficient (Wildman–Crippen LogP) is 4.57. The van der Waals surface area contributed by atoms with Crippen molar-refractivity contribution in [3.05, 3.63) is 44.8 Å². The van der Waals surface area contributed by atoms with Crippen LogP contribution >= 0.6 is 22.7 Å². The summed E-state index contributed by atoms with van der Waals surface area (Å²) < 4.78 is 0. The zero-order chi connectivity index (χ0) is 20.4. The molecule has 0 aliphatic heterocycles. The molecule has 0 unspecified atom stereocenters. The minimum absolute atomic E-state index is 0.0974. The third kappa shape index (κ3) is 6.30. The van der Waals surface area contributed by atoms with E-state index in [1.807, 2.05) is 0 Å². The predicted molar refractivity (Wildman–Crippen MR) is 121 cm³/mol. The first-order chi connectivity index (χ1) is 13.6. The van der Waals surface area contributed by atoms with Crippen LogP contribution in [0.15, 0.2) is 33.7 Å². The van der Waals surface area contributed by atoms with Crippen LogP contribution < -0.4 is 10.6 Å². The van der Waals surface area contributed by atoms with Crippen LogP contribution in [0.2, 0.25) is 0 Å². The Morgan fingerprint density at radius 2 is 1.21 bits per heavy atom. The van der Waals surface area contributed by atoms with Gasteiger partial charge in [-0.05, 0) is 71.0 Å². The van der Waals surface area contributed by atoms with Gasteiger partial charge in [0, 0.05) is 13.1 Å². The normalized spacial score (nSPS) is 13.6. The van der Waals surface area contributed by atoms with Gasteiger partial charge in [0.15, 0.2) is 0 Å². The molecule has 0 bridgehead atoms. The summed E-state index contributed by atoms with van der Waals surface area (Å²) >= 11 is 3.40. The van der Waals surface area contributed by atoms with Crippen LogP contribution in [0.1, 0.15) is 50.9 Å². The van der Waals surface area contributed by atoms with Crippen molar-refractivity contribution < 1.29 is 4.79 Å². The maximum absolute atomic E-state index is 12.5. The van der Waals surface area contributed by atoms with Gasteiger partial charge in [0.25, 0.3) is 0 Å². The monoisotopic (exact) mass is 422 g/mol. The van der Waals surface area contributed by atoms with Crippen molar-refractivity contribution in [3.8, 4) is 0 Å². The first kappa shape index (κ1) is 22.9. The summed E-state index contributed by atoms with van der Waals surface area (Å²) in [6, 6.07) is 4.63. The van der Waals surface area contributed by atoms with Crippen LogP contribution in [0.4, 0.5) is 4.79 Å². The zero-order valence-electron chi connectivity index (χ0n) is 17.5. The number of carbonyl (C=O) groups is 1. The highest BCUT2D eigenvalue weighted by molar-refractivity contribution is 7.08. The van der Waals surface area contributed by atoms with Gasteiger partial charge in [-0.1, -0.05) is 27.7 Å². The van der Waals surface area contributed by atoms with Crippen LogP contribution in [0, 0.1) is 0 Å². The van der Waals surface area contributed by atoms with E-state index in [1.165, 1.54) is 11.1 Å². The lowest BCUT2D eigenvalue weighted by Gasteiger charge is -2.31. The standard InChI is InChI=1S/C21H34N4OS2/c1-5-24(6-2)19(17-9-11-27-15-17)13-22-21(26)23-14-20(25(7-3)8-4)18-10-12-28-16-18/h9-12,15-16,19-20H,5-8,13-14H2,1-4H3,(H2,22,23,26)/t19-,20-/m0/s1. The number of hydrogen-bond acceptors (Lipinski definition) is 5. The Morgan fingerprint density at radius 3 is 1.50 bits per heavy atom. The quantitative estimate of drug-likeness (QED) is 0.526.